The van der Waals surface area contributed by atoms with E-state index in [0.29, 0.717) is 18.2 Å². The molecule has 3 nitrogen and oxygen atoms in total. The second-order valence-electron chi connectivity index (χ2n) is 4.66. The summed E-state index contributed by atoms with van der Waals surface area (Å²) in [6, 6.07) is 1.86. The highest BCUT2D eigenvalue weighted by Crippen LogP contribution is 2.30. The lowest BCUT2D eigenvalue weighted by molar-refractivity contribution is 0.0759. The van der Waals surface area contributed by atoms with Gasteiger partial charge in [0.2, 0.25) is 0 Å². The molecule has 1 aliphatic carbocycles. The van der Waals surface area contributed by atoms with Crippen molar-refractivity contribution in [2.24, 2.45) is 5.92 Å². The number of carbonyl (C=O) groups excluding carboxylic acids is 1. The fraction of sp³-hybridized carbons (Fsp3) is 0.500. The summed E-state index contributed by atoms with van der Waals surface area (Å²) in [7, 11) is 0. The number of carbonyl (C=O) groups is 1. The third-order valence-electron chi connectivity index (χ3n) is 3.17. The molecule has 1 aromatic rings. The predicted octanol–water partition coefficient (Wildman–Crippen LogP) is 2.76. The van der Waals surface area contributed by atoms with Crippen LogP contribution in [0.5, 0.6) is 0 Å². The SMILES string of the molecule is C#CCN(CC1CC1)C(=O)c1cc(Br)cn1CC. The highest BCUT2D eigenvalue weighted by molar-refractivity contribution is 9.10. The Bertz CT molecular complexity index is 482. The average molecular weight is 309 g/mol. The number of hydrogen-bond donors (Lipinski definition) is 0. The van der Waals surface area contributed by atoms with E-state index in [1.807, 2.05) is 23.8 Å². The van der Waals surface area contributed by atoms with Crippen molar-refractivity contribution in [1.29, 1.82) is 0 Å². The zero-order valence-corrected chi connectivity index (χ0v) is 12.1. The second-order valence-corrected chi connectivity index (χ2v) is 5.58. The molecule has 0 unspecified atom stereocenters. The molecule has 1 fully saturated rings. The van der Waals surface area contributed by atoms with Crippen molar-refractivity contribution in [3.63, 3.8) is 0 Å². The van der Waals surface area contributed by atoms with E-state index in [-0.39, 0.29) is 5.91 Å². The third-order valence-corrected chi connectivity index (χ3v) is 3.60. The highest BCUT2D eigenvalue weighted by Gasteiger charge is 2.28. The molecule has 1 saturated carbocycles. The van der Waals surface area contributed by atoms with Gasteiger partial charge >= 0.3 is 0 Å². The summed E-state index contributed by atoms with van der Waals surface area (Å²) in [6.07, 6.45) is 9.72. The maximum Gasteiger partial charge on any atom is 0.271 e. The molecule has 96 valence electrons. The Kier molecular flexibility index (Phi) is 4.13. The van der Waals surface area contributed by atoms with Gasteiger partial charge in [0.05, 0.1) is 6.54 Å². The predicted molar refractivity (Wildman–Crippen MR) is 75.3 cm³/mol. The van der Waals surface area contributed by atoms with Crippen molar-refractivity contribution in [1.82, 2.24) is 9.47 Å². The number of hydrogen-bond acceptors (Lipinski definition) is 1. The van der Waals surface area contributed by atoms with E-state index in [2.05, 4.69) is 21.9 Å². The minimum atomic E-state index is 0.0346. The topological polar surface area (TPSA) is 25.2 Å². The van der Waals surface area contributed by atoms with Crippen LogP contribution in [0.2, 0.25) is 0 Å². The van der Waals surface area contributed by atoms with E-state index in [0.717, 1.165) is 17.6 Å². The molecule has 0 saturated heterocycles. The largest absolute Gasteiger partial charge is 0.343 e. The summed E-state index contributed by atoms with van der Waals surface area (Å²) >= 11 is 3.41. The van der Waals surface area contributed by atoms with Crippen molar-refractivity contribution in [3.8, 4) is 12.3 Å². The van der Waals surface area contributed by atoms with Gasteiger partial charge in [-0.15, -0.1) is 6.42 Å². The average Bonchev–Trinajstić information content (AvgIpc) is 3.08. The van der Waals surface area contributed by atoms with Crippen molar-refractivity contribution in [2.45, 2.75) is 26.3 Å². The molecule has 1 amide bonds. The lowest BCUT2D eigenvalue weighted by Gasteiger charge is -2.20. The summed E-state index contributed by atoms with van der Waals surface area (Å²) in [5.41, 5.74) is 0.709. The molecular formula is C14H17BrN2O. The van der Waals surface area contributed by atoms with Crippen molar-refractivity contribution >= 4 is 21.8 Å². The van der Waals surface area contributed by atoms with Crippen LogP contribution in [0, 0.1) is 18.3 Å². The summed E-state index contributed by atoms with van der Waals surface area (Å²) in [6.45, 7) is 3.98. The molecule has 4 heteroatoms. The lowest BCUT2D eigenvalue weighted by atomic mass is 10.3. The van der Waals surface area contributed by atoms with Crippen LogP contribution >= 0.6 is 15.9 Å². The van der Waals surface area contributed by atoms with Gasteiger partial charge in [-0.05, 0) is 47.7 Å². The second kappa shape index (κ2) is 5.62. The number of nitrogens with zero attached hydrogens (tertiary/aromatic N) is 2. The number of amides is 1. The van der Waals surface area contributed by atoms with Crippen LogP contribution in [0.1, 0.15) is 30.3 Å². The number of aromatic nitrogens is 1. The smallest absolute Gasteiger partial charge is 0.271 e. The van der Waals surface area contributed by atoms with Crippen molar-refractivity contribution in [2.75, 3.05) is 13.1 Å². The highest BCUT2D eigenvalue weighted by atomic mass is 79.9. The quantitative estimate of drug-likeness (QED) is 0.768. The first-order valence-electron chi connectivity index (χ1n) is 6.24. The van der Waals surface area contributed by atoms with E-state index < -0.39 is 0 Å². The first-order valence-corrected chi connectivity index (χ1v) is 7.03. The van der Waals surface area contributed by atoms with Crippen molar-refractivity contribution < 1.29 is 4.79 Å². The Balaban J connectivity index is 2.17. The molecule has 18 heavy (non-hydrogen) atoms. The Morgan fingerprint density at radius 2 is 2.39 bits per heavy atom. The lowest BCUT2D eigenvalue weighted by Crippen LogP contribution is -2.34. The van der Waals surface area contributed by atoms with Gasteiger partial charge in [-0.1, -0.05) is 5.92 Å². The Morgan fingerprint density at radius 3 is 2.94 bits per heavy atom. The number of halogens is 1. The first-order chi connectivity index (χ1) is 8.65. The van der Waals surface area contributed by atoms with Gasteiger partial charge in [0.25, 0.3) is 5.91 Å². The fourth-order valence-corrected chi connectivity index (χ4v) is 2.48. The molecule has 1 aliphatic rings. The molecule has 0 radical (unpaired) electrons. The zero-order valence-electron chi connectivity index (χ0n) is 10.5. The van der Waals surface area contributed by atoms with Crippen LogP contribution in [-0.4, -0.2) is 28.5 Å². The van der Waals surface area contributed by atoms with Gasteiger partial charge in [-0.25, -0.2) is 0 Å². The molecule has 2 rings (SSSR count). The van der Waals surface area contributed by atoms with Crippen LogP contribution in [-0.2, 0) is 6.54 Å². The Labute approximate surface area is 116 Å². The minimum Gasteiger partial charge on any atom is -0.343 e. The fourth-order valence-electron chi connectivity index (χ4n) is 2.02. The molecule has 0 N–H and O–H groups in total. The standard InChI is InChI=1S/C14H17BrN2O/c1-3-7-17(9-11-5-6-11)14(18)13-8-12(15)10-16(13)4-2/h1,8,10-11H,4-7,9H2,2H3. The molecule has 1 aromatic heterocycles. The van der Waals surface area contributed by atoms with Gasteiger partial charge in [-0.2, -0.15) is 0 Å². The Hall–Kier alpha value is -1.21. The Morgan fingerprint density at radius 1 is 1.67 bits per heavy atom. The summed E-state index contributed by atoms with van der Waals surface area (Å²) in [5, 5.41) is 0. The molecule has 0 atom stereocenters. The summed E-state index contributed by atoms with van der Waals surface area (Å²) < 4.78 is 2.88. The van der Waals surface area contributed by atoms with E-state index in [4.69, 9.17) is 6.42 Å². The minimum absolute atomic E-state index is 0.0346. The van der Waals surface area contributed by atoms with E-state index in [9.17, 15) is 4.79 Å². The van der Waals surface area contributed by atoms with E-state index >= 15 is 0 Å². The number of terminal acetylenes is 1. The zero-order chi connectivity index (χ0) is 13.1. The van der Waals surface area contributed by atoms with Gasteiger partial charge in [0, 0.05) is 23.8 Å². The molecule has 0 bridgehead atoms. The van der Waals surface area contributed by atoms with Gasteiger partial charge < -0.3 is 9.47 Å². The van der Waals surface area contributed by atoms with Crippen LogP contribution in [0.15, 0.2) is 16.7 Å². The maximum absolute atomic E-state index is 12.5. The molecule has 1 heterocycles. The van der Waals surface area contributed by atoms with E-state index in [1.54, 1.807) is 4.90 Å². The summed E-state index contributed by atoms with van der Waals surface area (Å²) in [5.74, 6) is 3.26. The molecule has 0 aromatic carbocycles. The van der Waals surface area contributed by atoms with Gasteiger partial charge in [-0.3, -0.25) is 4.79 Å². The molecular weight excluding hydrogens is 292 g/mol. The van der Waals surface area contributed by atoms with Crippen LogP contribution in [0.25, 0.3) is 0 Å². The van der Waals surface area contributed by atoms with Crippen LogP contribution in [0.3, 0.4) is 0 Å². The number of rotatable bonds is 5. The summed E-state index contributed by atoms with van der Waals surface area (Å²) in [4.78, 5) is 14.3. The van der Waals surface area contributed by atoms with Crippen molar-refractivity contribution in [3.05, 3.63) is 22.4 Å². The normalized spacial score (nSPS) is 14.3. The van der Waals surface area contributed by atoms with E-state index in [1.165, 1.54) is 12.8 Å². The van der Waals surface area contributed by atoms with Crippen LogP contribution in [0.4, 0.5) is 0 Å². The first kappa shape index (κ1) is 13.2. The van der Waals surface area contributed by atoms with Gasteiger partial charge in [0.15, 0.2) is 0 Å². The molecule has 0 spiro atoms. The maximum atomic E-state index is 12.5. The molecule has 0 aliphatic heterocycles. The third kappa shape index (κ3) is 2.97. The monoisotopic (exact) mass is 308 g/mol. The van der Waals surface area contributed by atoms with Gasteiger partial charge in [0.1, 0.15) is 5.69 Å². The van der Waals surface area contributed by atoms with Crippen LogP contribution < -0.4 is 0 Å². The number of aryl methyl sites for hydroxylation is 1.